The summed E-state index contributed by atoms with van der Waals surface area (Å²) in [6.07, 6.45) is 0.838. The highest BCUT2D eigenvalue weighted by molar-refractivity contribution is 6.31. The molecule has 0 heterocycles. The second kappa shape index (κ2) is 10.5. The highest BCUT2D eigenvalue weighted by Crippen LogP contribution is 2.20. The van der Waals surface area contributed by atoms with E-state index in [1.165, 1.54) is 0 Å². The number of anilines is 1. The molecule has 5 nitrogen and oxygen atoms in total. The van der Waals surface area contributed by atoms with Gasteiger partial charge < -0.3 is 15.4 Å². The summed E-state index contributed by atoms with van der Waals surface area (Å²) in [5, 5.41) is 6.28. The molecule has 0 aliphatic heterocycles. The lowest BCUT2D eigenvalue weighted by molar-refractivity contribution is 0.0954. The third kappa shape index (κ3) is 5.61. The van der Waals surface area contributed by atoms with Crippen LogP contribution >= 0.6 is 11.6 Å². The standard InChI is InChI=1S/C24H23ClN2O3/c1-2-15-26-24(29)20-8-4-6-10-22(20)27-23(28)17-11-13-19(14-12-17)30-16-18-7-3-5-9-21(18)25/h3-14H,2,15-16H2,1H3,(H,26,29)(H,27,28). The maximum atomic E-state index is 12.6. The number of ether oxygens (including phenoxy) is 1. The Morgan fingerprint density at radius 3 is 2.33 bits per heavy atom. The zero-order valence-electron chi connectivity index (χ0n) is 16.7. The molecule has 0 saturated carbocycles. The summed E-state index contributed by atoms with van der Waals surface area (Å²) in [6.45, 7) is 2.90. The second-order valence-corrected chi connectivity index (χ2v) is 7.07. The van der Waals surface area contributed by atoms with Gasteiger partial charge in [0.05, 0.1) is 11.3 Å². The third-order valence-electron chi connectivity index (χ3n) is 4.42. The molecule has 3 aromatic carbocycles. The average Bonchev–Trinajstić information content (AvgIpc) is 2.77. The highest BCUT2D eigenvalue weighted by atomic mass is 35.5. The Morgan fingerprint density at radius 2 is 1.60 bits per heavy atom. The molecule has 0 aliphatic carbocycles. The maximum absolute atomic E-state index is 12.6. The van der Waals surface area contributed by atoms with Crippen LogP contribution in [0.25, 0.3) is 0 Å². The first-order valence-electron chi connectivity index (χ1n) is 9.73. The van der Waals surface area contributed by atoms with E-state index < -0.39 is 0 Å². The lowest BCUT2D eigenvalue weighted by Gasteiger charge is -2.12. The molecule has 2 N–H and O–H groups in total. The summed E-state index contributed by atoms with van der Waals surface area (Å²) in [5.41, 5.74) is 2.25. The van der Waals surface area contributed by atoms with Crippen molar-refractivity contribution in [2.45, 2.75) is 20.0 Å². The number of hydrogen-bond acceptors (Lipinski definition) is 3. The number of nitrogens with one attached hydrogen (secondary N) is 2. The fourth-order valence-corrected chi connectivity index (χ4v) is 2.99. The number of carbonyl (C=O) groups is 2. The van der Waals surface area contributed by atoms with E-state index in [0.29, 0.717) is 40.7 Å². The van der Waals surface area contributed by atoms with Crippen molar-refractivity contribution < 1.29 is 14.3 Å². The molecule has 154 valence electrons. The van der Waals surface area contributed by atoms with Gasteiger partial charge in [-0.2, -0.15) is 0 Å². The van der Waals surface area contributed by atoms with Crippen LogP contribution in [0.3, 0.4) is 0 Å². The molecule has 0 radical (unpaired) electrons. The van der Waals surface area contributed by atoms with Gasteiger partial charge in [0.2, 0.25) is 0 Å². The first kappa shape index (κ1) is 21.4. The molecule has 0 unspecified atom stereocenters. The van der Waals surface area contributed by atoms with E-state index in [9.17, 15) is 9.59 Å². The summed E-state index contributed by atoms with van der Waals surface area (Å²) >= 11 is 6.14. The van der Waals surface area contributed by atoms with Crippen molar-refractivity contribution in [3.05, 3.63) is 94.5 Å². The first-order valence-corrected chi connectivity index (χ1v) is 10.1. The van der Waals surface area contributed by atoms with E-state index in [1.807, 2.05) is 31.2 Å². The summed E-state index contributed by atoms with van der Waals surface area (Å²) in [7, 11) is 0. The maximum Gasteiger partial charge on any atom is 0.255 e. The highest BCUT2D eigenvalue weighted by Gasteiger charge is 2.14. The summed E-state index contributed by atoms with van der Waals surface area (Å²) < 4.78 is 5.74. The lowest BCUT2D eigenvalue weighted by Crippen LogP contribution is -2.25. The van der Waals surface area contributed by atoms with Gasteiger partial charge in [0.1, 0.15) is 12.4 Å². The second-order valence-electron chi connectivity index (χ2n) is 6.66. The number of benzene rings is 3. The fraction of sp³-hybridized carbons (Fsp3) is 0.167. The van der Waals surface area contributed by atoms with E-state index in [0.717, 1.165) is 12.0 Å². The smallest absolute Gasteiger partial charge is 0.255 e. The molecule has 3 aromatic rings. The van der Waals surface area contributed by atoms with Crippen molar-refractivity contribution in [3.8, 4) is 5.75 Å². The van der Waals surface area contributed by atoms with Gasteiger partial charge in [0, 0.05) is 22.7 Å². The largest absolute Gasteiger partial charge is 0.489 e. The Morgan fingerprint density at radius 1 is 0.900 bits per heavy atom. The van der Waals surface area contributed by atoms with Crippen LogP contribution in [0.4, 0.5) is 5.69 Å². The lowest BCUT2D eigenvalue weighted by atomic mass is 10.1. The zero-order chi connectivity index (χ0) is 21.3. The Kier molecular flexibility index (Phi) is 7.46. The zero-order valence-corrected chi connectivity index (χ0v) is 17.4. The summed E-state index contributed by atoms with van der Waals surface area (Å²) in [4.78, 5) is 24.9. The number of halogens is 1. The Bertz CT molecular complexity index is 1020. The van der Waals surface area contributed by atoms with Crippen LogP contribution in [-0.4, -0.2) is 18.4 Å². The molecule has 0 spiro atoms. The number of hydrogen-bond donors (Lipinski definition) is 2. The van der Waals surface area contributed by atoms with Crippen LogP contribution in [-0.2, 0) is 6.61 Å². The molecule has 6 heteroatoms. The van der Waals surface area contributed by atoms with Gasteiger partial charge in [-0.25, -0.2) is 0 Å². The van der Waals surface area contributed by atoms with Crippen molar-refractivity contribution in [1.82, 2.24) is 5.32 Å². The monoisotopic (exact) mass is 422 g/mol. The number of para-hydroxylation sites is 1. The van der Waals surface area contributed by atoms with Gasteiger partial charge in [-0.15, -0.1) is 0 Å². The molecular weight excluding hydrogens is 400 g/mol. The molecule has 0 saturated heterocycles. The van der Waals surface area contributed by atoms with Gasteiger partial charge in [0.25, 0.3) is 11.8 Å². The minimum absolute atomic E-state index is 0.212. The SMILES string of the molecule is CCCNC(=O)c1ccccc1NC(=O)c1ccc(OCc2ccccc2Cl)cc1. The number of carbonyl (C=O) groups excluding carboxylic acids is 2. The van der Waals surface area contributed by atoms with Gasteiger partial charge in [-0.05, 0) is 48.9 Å². The van der Waals surface area contributed by atoms with E-state index >= 15 is 0 Å². The van der Waals surface area contributed by atoms with Crippen molar-refractivity contribution in [2.24, 2.45) is 0 Å². The molecule has 0 aliphatic rings. The molecule has 30 heavy (non-hydrogen) atoms. The normalized spacial score (nSPS) is 10.3. The third-order valence-corrected chi connectivity index (χ3v) is 4.79. The quantitative estimate of drug-likeness (QED) is 0.516. The molecule has 0 aromatic heterocycles. The predicted octanol–water partition coefficient (Wildman–Crippen LogP) is 5.31. The average molecular weight is 423 g/mol. The van der Waals surface area contributed by atoms with E-state index in [4.69, 9.17) is 16.3 Å². The molecule has 0 atom stereocenters. The Balaban J connectivity index is 1.64. The van der Waals surface area contributed by atoms with Crippen molar-refractivity contribution in [2.75, 3.05) is 11.9 Å². The van der Waals surface area contributed by atoms with Crippen LogP contribution in [0.2, 0.25) is 5.02 Å². The molecule has 2 amide bonds. The Hall–Kier alpha value is -3.31. The Labute approximate surface area is 181 Å². The van der Waals surface area contributed by atoms with Crippen LogP contribution in [0, 0.1) is 0 Å². The van der Waals surface area contributed by atoms with E-state index in [2.05, 4.69) is 10.6 Å². The summed E-state index contributed by atoms with van der Waals surface area (Å²) in [5.74, 6) is 0.116. The topological polar surface area (TPSA) is 67.4 Å². The van der Waals surface area contributed by atoms with E-state index in [-0.39, 0.29) is 11.8 Å². The van der Waals surface area contributed by atoms with Crippen LogP contribution in [0.5, 0.6) is 5.75 Å². The van der Waals surface area contributed by atoms with Crippen LogP contribution in [0.1, 0.15) is 39.6 Å². The van der Waals surface area contributed by atoms with Gasteiger partial charge in [-0.1, -0.05) is 48.9 Å². The molecular formula is C24H23ClN2O3. The molecule has 3 rings (SSSR count). The van der Waals surface area contributed by atoms with Crippen molar-refractivity contribution in [3.63, 3.8) is 0 Å². The van der Waals surface area contributed by atoms with Crippen molar-refractivity contribution in [1.29, 1.82) is 0 Å². The van der Waals surface area contributed by atoms with Crippen LogP contribution in [0.15, 0.2) is 72.8 Å². The number of rotatable bonds is 8. The van der Waals surface area contributed by atoms with E-state index in [1.54, 1.807) is 48.5 Å². The number of amides is 2. The predicted molar refractivity (Wildman–Crippen MR) is 119 cm³/mol. The minimum Gasteiger partial charge on any atom is -0.489 e. The van der Waals surface area contributed by atoms with Gasteiger partial charge in [0.15, 0.2) is 0 Å². The van der Waals surface area contributed by atoms with Gasteiger partial charge in [-0.3, -0.25) is 9.59 Å². The first-order chi connectivity index (χ1) is 14.6. The summed E-state index contributed by atoms with van der Waals surface area (Å²) in [6, 6.07) is 21.2. The van der Waals surface area contributed by atoms with Gasteiger partial charge >= 0.3 is 0 Å². The minimum atomic E-state index is -0.302. The molecule has 0 bridgehead atoms. The fourth-order valence-electron chi connectivity index (χ4n) is 2.80. The molecule has 0 fully saturated rings. The van der Waals surface area contributed by atoms with Crippen molar-refractivity contribution >= 4 is 29.1 Å². The van der Waals surface area contributed by atoms with Crippen LogP contribution < -0.4 is 15.4 Å².